The van der Waals surface area contributed by atoms with Crippen molar-refractivity contribution in [1.82, 2.24) is 4.90 Å². The second-order valence-corrected chi connectivity index (χ2v) is 4.91. The molecule has 1 unspecified atom stereocenters. The minimum atomic E-state index is -4.23. The zero-order valence-electron chi connectivity index (χ0n) is 10.5. The number of benzene rings is 1. The van der Waals surface area contributed by atoms with Gasteiger partial charge in [0.05, 0.1) is 5.56 Å². The topological polar surface area (TPSA) is 3.24 Å². The highest BCUT2D eigenvalue weighted by molar-refractivity contribution is 5.28. The summed E-state index contributed by atoms with van der Waals surface area (Å²) in [6, 6.07) is 5.64. The maximum atomic E-state index is 12.5. The Morgan fingerprint density at radius 3 is 2.44 bits per heavy atom. The Morgan fingerprint density at radius 1 is 1.22 bits per heavy atom. The van der Waals surface area contributed by atoms with E-state index in [9.17, 15) is 13.2 Å². The largest absolute Gasteiger partial charge is 0.416 e. The van der Waals surface area contributed by atoms with Gasteiger partial charge in [0.15, 0.2) is 0 Å². The van der Waals surface area contributed by atoms with Crippen LogP contribution in [0.25, 0.3) is 0 Å². The summed E-state index contributed by atoms with van der Waals surface area (Å²) in [4.78, 5) is 2.38. The van der Waals surface area contributed by atoms with E-state index in [1.807, 2.05) is 0 Å². The summed E-state index contributed by atoms with van der Waals surface area (Å²) in [5.74, 6) is 0.388. The molecule has 0 N–H and O–H groups in total. The predicted molar refractivity (Wildman–Crippen MR) is 65.5 cm³/mol. The van der Waals surface area contributed by atoms with Crippen LogP contribution in [0.5, 0.6) is 0 Å². The molecule has 2 rings (SSSR count). The number of hydrogen-bond acceptors (Lipinski definition) is 1. The standard InChI is InChI=1S/C14H18F3N/c1-2-8-18-9-7-12(10-18)11-3-5-13(6-4-11)14(15,16)17/h3-6,12H,2,7-10H2,1H3. The SMILES string of the molecule is CCCN1CCC(c2ccc(C(F)(F)F)cc2)C1. The van der Waals surface area contributed by atoms with Crippen molar-refractivity contribution in [2.24, 2.45) is 0 Å². The molecular weight excluding hydrogens is 239 g/mol. The Morgan fingerprint density at radius 2 is 1.89 bits per heavy atom. The normalized spacial score (nSPS) is 21.4. The quantitative estimate of drug-likeness (QED) is 0.793. The third-order valence-electron chi connectivity index (χ3n) is 3.52. The number of likely N-dealkylation sites (tertiary alicyclic amines) is 1. The summed E-state index contributed by atoms with van der Waals surface area (Å²) < 4.78 is 37.4. The minimum Gasteiger partial charge on any atom is -0.303 e. The van der Waals surface area contributed by atoms with Gasteiger partial charge < -0.3 is 4.90 Å². The van der Waals surface area contributed by atoms with Crippen LogP contribution in [0.15, 0.2) is 24.3 Å². The lowest BCUT2D eigenvalue weighted by molar-refractivity contribution is -0.137. The molecule has 1 aliphatic heterocycles. The lowest BCUT2D eigenvalue weighted by Gasteiger charge is -2.15. The van der Waals surface area contributed by atoms with Crippen LogP contribution >= 0.6 is 0 Å². The molecule has 100 valence electrons. The van der Waals surface area contributed by atoms with Gasteiger partial charge in [0, 0.05) is 6.54 Å². The molecular formula is C14H18F3N. The van der Waals surface area contributed by atoms with Gasteiger partial charge in [-0.15, -0.1) is 0 Å². The van der Waals surface area contributed by atoms with Gasteiger partial charge in [0.1, 0.15) is 0 Å². The third kappa shape index (κ3) is 3.05. The summed E-state index contributed by atoms with van der Waals surface area (Å²) >= 11 is 0. The fourth-order valence-electron chi connectivity index (χ4n) is 2.57. The van der Waals surface area contributed by atoms with Crippen molar-refractivity contribution in [3.8, 4) is 0 Å². The molecule has 0 spiro atoms. The van der Waals surface area contributed by atoms with Crippen molar-refractivity contribution >= 4 is 0 Å². The highest BCUT2D eigenvalue weighted by Gasteiger charge is 2.30. The average molecular weight is 257 g/mol. The van der Waals surface area contributed by atoms with Gasteiger partial charge in [0.25, 0.3) is 0 Å². The summed E-state index contributed by atoms with van der Waals surface area (Å²) in [5, 5.41) is 0. The fraction of sp³-hybridized carbons (Fsp3) is 0.571. The molecule has 18 heavy (non-hydrogen) atoms. The van der Waals surface area contributed by atoms with Crippen molar-refractivity contribution in [2.45, 2.75) is 31.9 Å². The number of hydrogen-bond donors (Lipinski definition) is 0. The molecule has 1 atom stereocenters. The van der Waals surface area contributed by atoms with Crippen LogP contribution < -0.4 is 0 Å². The fourth-order valence-corrected chi connectivity index (χ4v) is 2.57. The second kappa shape index (κ2) is 5.31. The molecule has 0 bridgehead atoms. The van der Waals surface area contributed by atoms with Gasteiger partial charge in [-0.05, 0) is 49.5 Å². The van der Waals surface area contributed by atoms with E-state index < -0.39 is 11.7 Å². The number of rotatable bonds is 3. The van der Waals surface area contributed by atoms with E-state index in [2.05, 4.69) is 11.8 Å². The molecule has 1 heterocycles. The molecule has 0 aromatic heterocycles. The number of halogens is 3. The molecule has 0 amide bonds. The summed E-state index contributed by atoms with van der Waals surface area (Å²) in [7, 11) is 0. The van der Waals surface area contributed by atoms with Crippen LogP contribution in [0.1, 0.15) is 36.8 Å². The van der Waals surface area contributed by atoms with E-state index in [4.69, 9.17) is 0 Å². The molecule has 4 heteroatoms. The molecule has 1 aromatic carbocycles. The minimum absolute atomic E-state index is 0.388. The highest BCUT2D eigenvalue weighted by atomic mass is 19.4. The highest BCUT2D eigenvalue weighted by Crippen LogP contribution is 2.32. The van der Waals surface area contributed by atoms with Gasteiger partial charge in [0.2, 0.25) is 0 Å². The van der Waals surface area contributed by atoms with Gasteiger partial charge >= 0.3 is 6.18 Å². The predicted octanol–water partition coefficient (Wildman–Crippen LogP) is 3.90. The van der Waals surface area contributed by atoms with Gasteiger partial charge in [-0.3, -0.25) is 0 Å². The Kier molecular flexibility index (Phi) is 3.95. The van der Waals surface area contributed by atoms with Crippen molar-refractivity contribution in [3.63, 3.8) is 0 Å². The summed E-state index contributed by atoms with van der Waals surface area (Å²) in [5.41, 5.74) is 0.469. The lowest BCUT2D eigenvalue weighted by atomic mass is 9.97. The average Bonchev–Trinajstić information content (AvgIpc) is 2.77. The van der Waals surface area contributed by atoms with Crippen LogP contribution in [0.4, 0.5) is 13.2 Å². The zero-order chi connectivity index (χ0) is 13.2. The zero-order valence-corrected chi connectivity index (χ0v) is 10.5. The Labute approximate surface area is 106 Å². The van der Waals surface area contributed by atoms with Crippen LogP contribution in [0.2, 0.25) is 0 Å². The van der Waals surface area contributed by atoms with Crippen LogP contribution in [0.3, 0.4) is 0 Å². The molecule has 0 radical (unpaired) electrons. The third-order valence-corrected chi connectivity index (χ3v) is 3.52. The first-order valence-electron chi connectivity index (χ1n) is 6.40. The smallest absolute Gasteiger partial charge is 0.303 e. The first kappa shape index (κ1) is 13.4. The van der Waals surface area contributed by atoms with Crippen molar-refractivity contribution in [2.75, 3.05) is 19.6 Å². The molecule has 1 fully saturated rings. The van der Waals surface area contributed by atoms with Crippen LogP contribution in [-0.2, 0) is 6.18 Å². The monoisotopic (exact) mass is 257 g/mol. The van der Waals surface area contributed by atoms with E-state index in [1.54, 1.807) is 12.1 Å². The molecule has 1 nitrogen and oxygen atoms in total. The van der Waals surface area contributed by atoms with Gasteiger partial charge in [-0.1, -0.05) is 19.1 Å². The van der Waals surface area contributed by atoms with E-state index in [0.29, 0.717) is 5.92 Å². The lowest BCUT2D eigenvalue weighted by Crippen LogP contribution is -2.20. The van der Waals surface area contributed by atoms with Gasteiger partial charge in [-0.2, -0.15) is 13.2 Å². The van der Waals surface area contributed by atoms with Crippen molar-refractivity contribution < 1.29 is 13.2 Å². The Hall–Kier alpha value is -1.03. The second-order valence-electron chi connectivity index (χ2n) is 4.91. The summed E-state index contributed by atoms with van der Waals surface area (Å²) in [6.45, 7) is 5.25. The molecule has 1 aromatic rings. The Bertz CT molecular complexity index is 383. The molecule has 1 saturated heterocycles. The van der Waals surface area contributed by atoms with Gasteiger partial charge in [-0.25, -0.2) is 0 Å². The van der Waals surface area contributed by atoms with Crippen molar-refractivity contribution in [1.29, 1.82) is 0 Å². The van der Waals surface area contributed by atoms with E-state index in [-0.39, 0.29) is 0 Å². The molecule has 0 saturated carbocycles. The van der Waals surface area contributed by atoms with E-state index >= 15 is 0 Å². The van der Waals surface area contributed by atoms with E-state index in [1.165, 1.54) is 12.1 Å². The molecule has 0 aliphatic carbocycles. The molecule has 1 aliphatic rings. The number of nitrogens with zero attached hydrogens (tertiary/aromatic N) is 1. The maximum Gasteiger partial charge on any atom is 0.416 e. The number of alkyl halides is 3. The van der Waals surface area contributed by atoms with Crippen LogP contribution in [0, 0.1) is 0 Å². The first-order valence-corrected chi connectivity index (χ1v) is 6.40. The van der Waals surface area contributed by atoms with Crippen molar-refractivity contribution in [3.05, 3.63) is 35.4 Å². The first-order chi connectivity index (χ1) is 8.50. The maximum absolute atomic E-state index is 12.5. The summed E-state index contributed by atoms with van der Waals surface area (Å²) in [6.07, 6.45) is -2.06. The van der Waals surface area contributed by atoms with E-state index in [0.717, 1.165) is 38.0 Å². The van der Waals surface area contributed by atoms with Crippen LogP contribution in [-0.4, -0.2) is 24.5 Å². The Balaban J connectivity index is 2.03.